The van der Waals surface area contributed by atoms with Gasteiger partial charge in [0, 0.05) is 17.1 Å². The van der Waals surface area contributed by atoms with Crippen LogP contribution in [0, 0.1) is 0 Å². The van der Waals surface area contributed by atoms with Crippen LogP contribution in [0.3, 0.4) is 0 Å². The van der Waals surface area contributed by atoms with Gasteiger partial charge in [0.2, 0.25) is 0 Å². The molecule has 2 aromatic rings. The van der Waals surface area contributed by atoms with Gasteiger partial charge in [-0.3, -0.25) is 4.98 Å². The highest BCUT2D eigenvalue weighted by atomic mass is 35.5. The normalized spacial score (nSPS) is 12.7. The number of aliphatic hydroxyl groups is 2. The standard InChI is InChI=1S/C12H12ClNO3/c1-17-7-2-3-10-8(4-7)12(11(16)6-15)9(13)5-14-10/h2-5,11,15-16H,6H2,1H3. The Morgan fingerprint density at radius 1 is 1.47 bits per heavy atom. The number of benzene rings is 1. The summed E-state index contributed by atoms with van der Waals surface area (Å²) in [6.07, 6.45) is 0.435. The van der Waals surface area contributed by atoms with Crippen LogP contribution in [0.25, 0.3) is 10.9 Å². The minimum absolute atomic E-state index is 0.326. The highest BCUT2D eigenvalue weighted by Crippen LogP contribution is 2.31. The number of pyridine rings is 1. The van der Waals surface area contributed by atoms with Gasteiger partial charge in [0.1, 0.15) is 11.9 Å². The van der Waals surface area contributed by atoms with Gasteiger partial charge in [0.25, 0.3) is 0 Å². The minimum Gasteiger partial charge on any atom is -0.497 e. The number of hydrogen-bond acceptors (Lipinski definition) is 4. The lowest BCUT2D eigenvalue weighted by Crippen LogP contribution is -2.05. The van der Waals surface area contributed by atoms with Crippen LogP contribution >= 0.6 is 11.6 Å². The predicted octanol–water partition coefficient (Wildman–Crippen LogP) is 1.92. The molecule has 0 saturated heterocycles. The Morgan fingerprint density at radius 3 is 2.88 bits per heavy atom. The third-order valence-electron chi connectivity index (χ3n) is 2.57. The average molecular weight is 254 g/mol. The molecule has 0 aliphatic heterocycles. The maximum absolute atomic E-state index is 9.77. The van der Waals surface area contributed by atoms with Crippen LogP contribution in [0.1, 0.15) is 11.7 Å². The van der Waals surface area contributed by atoms with E-state index in [0.29, 0.717) is 27.2 Å². The highest BCUT2D eigenvalue weighted by Gasteiger charge is 2.15. The van der Waals surface area contributed by atoms with Crippen LogP contribution in [0.15, 0.2) is 24.4 Å². The Morgan fingerprint density at radius 2 is 2.24 bits per heavy atom. The molecular formula is C12H12ClNO3. The maximum atomic E-state index is 9.77. The molecule has 1 unspecified atom stereocenters. The quantitative estimate of drug-likeness (QED) is 0.877. The summed E-state index contributed by atoms with van der Waals surface area (Å²) >= 11 is 6.00. The number of aliphatic hydroxyl groups excluding tert-OH is 2. The first-order valence-electron chi connectivity index (χ1n) is 5.08. The number of halogens is 1. The van der Waals surface area contributed by atoms with Gasteiger partial charge in [-0.05, 0) is 18.2 Å². The first-order chi connectivity index (χ1) is 8.17. The third kappa shape index (κ3) is 2.20. The molecule has 0 radical (unpaired) electrons. The van der Waals surface area contributed by atoms with Gasteiger partial charge in [-0.1, -0.05) is 11.6 Å². The summed E-state index contributed by atoms with van der Waals surface area (Å²) in [6, 6.07) is 5.29. The lowest BCUT2D eigenvalue weighted by atomic mass is 10.0. The number of hydrogen-bond donors (Lipinski definition) is 2. The minimum atomic E-state index is -1.03. The van der Waals surface area contributed by atoms with Gasteiger partial charge >= 0.3 is 0 Å². The van der Waals surface area contributed by atoms with Gasteiger partial charge in [-0.25, -0.2) is 0 Å². The maximum Gasteiger partial charge on any atom is 0.119 e. The van der Waals surface area contributed by atoms with Crippen molar-refractivity contribution in [3.05, 3.63) is 35.0 Å². The van der Waals surface area contributed by atoms with Crippen LogP contribution in [0.2, 0.25) is 5.02 Å². The lowest BCUT2D eigenvalue weighted by molar-refractivity contribution is 0.0967. The number of aromatic nitrogens is 1. The lowest BCUT2D eigenvalue weighted by Gasteiger charge is -2.13. The molecule has 0 bridgehead atoms. The molecule has 0 aliphatic carbocycles. The predicted molar refractivity (Wildman–Crippen MR) is 65.4 cm³/mol. The van der Waals surface area contributed by atoms with Crippen molar-refractivity contribution in [2.45, 2.75) is 6.10 Å². The fourth-order valence-corrected chi connectivity index (χ4v) is 2.00. The van der Waals surface area contributed by atoms with Crippen molar-refractivity contribution in [3.8, 4) is 5.75 Å². The average Bonchev–Trinajstić information content (AvgIpc) is 2.37. The summed E-state index contributed by atoms with van der Waals surface area (Å²) in [6.45, 7) is -0.393. The van der Waals surface area contributed by atoms with Gasteiger partial charge in [0.05, 0.1) is 24.3 Å². The zero-order valence-corrected chi connectivity index (χ0v) is 9.98. The summed E-state index contributed by atoms with van der Waals surface area (Å²) in [4.78, 5) is 4.15. The van der Waals surface area contributed by atoms with Crippen LogP contribution in [0.5, 0.6) is 5.75 Å². The molecule has 1 aromatic carbocycles. The molecule has 1 aromatic heterocycles. The summed E-state index contributed by atoms with van der Waals surface area (Å²) in [7, 11) is 1.56. The summed E-state index contributed by atoms with van der Waals surface area (Å²) in [5.74, 6) is 0.646. The molecule has 2 N–H and O–H groups in total. The van der Waals surface area contributed by atoms with E-state index in [9.17, 15) is 5.11 Å². The van der Waals surface area contributed by atoms with Crippen LogP contribution in [0.4, 0.5) is 0 Å². The second-order valence-electron chi connectivity index (χ2n) is 3.60. The summed E-state index contributed by atoms with van der Waals surface area (Å²) in [5.41, 5.74) is 1.16. The van der Waals surface area contributed by atoms with Crippen molar-refractivity contribution in [2.75, 3.05) is 13.7 Å². The van der Waals surface area contributed by atoms with Gasteiger partial charge < -0.3 is 14.9 Å². The fraction of sp³-hybridized carbons (Fsp3) is 0.250. The second-order valence-corrected chi connectivity index (χ2v) is 4.01. The highest BCUT2D eigenvalue weighted by molar-refractivity contribution is 6.32. The number of ether oxygens (including phenoxy) is 1. The molecule has 0 aliphatic rings. The molecule has 0 saturated carbocycles. The van der Waals surface area contributed by atoms with E-state index in [1.54, 1.807) is 25.3 Å². The molecule has 0 spiro atoms. The molecule has 1 heterocycles. The Hall–Kier alpha value is -1.36. The Balaban J connectivity index is 2.73. The fourth-order valence-electron chi connectivity index (χ4n) is 1.72. The van der Waals surface area contributed by atoms with Crippen molar-refractivity contribution < 1.29 is 14.9 Å². The van der Waals surface area contributed by atoms with E-state index in [1.165, 1.54) is 6.20 Å². The second kappa shape index (κ2) is 4.87. The molecule has 90 valence electrons. The van der Waals surface area contributed by atoms with Gasteiger partial charge in [-0.2, -0.15) is 0 Å². The van der Waals surface area contributed by atoms with E-state index in [1.807, 2.05) is 0 Å². The number of fused-ring (bicyclic) bond motifs is 1. The van der Waals surface area contributed by atoms with E-state index < -0.39 is 12.7 Å². The molecule has 17 heavy (non-hydrogen) atoms. The van der Waals surface area contributed by atoms with E-state index in [0.717, 1.165) is 0 Å². The molecule has 1 atom stereocenters. The smallest absolute Gasteiger partial charge is 0.119 e. The van der Waals surface area contributed by atoms with E-state index in [4.69, 9.17) is 21.4 Å². The molecular weight excluding hydrogens is 242 g/mol. The molecule has 2 rings (SSSR count). The van der Waals surface area contributed by atoms with Crippen LogP contribution in [-0.2, 0) is 0 Å². The first-order valence-corrected chi connectivity index (χ1v) is 5.46. The van der Waals surface area contributed by atoms with E-state index in [-0.39, 0.29) is 0 Å². The largest absolute Gasteiger partial charge is 0.497 e. The Kier molecular flexibility index (Phi) is 3.47. The number of nitrogens with zero attached hydrogens (tertiary/aromatic N) is 1. The van der Waals surface area contributed by atoms with Crippen molar-refractivity contribution in [3.63, 3.8) is 0 Å². The van der Waals surface area contributed by atoms with Crippen LogP contribution in [-0.4, -0.2) is 28.9 Å². The van der Waals surface area contributed by atoms with Gasteiger partial charge in [-0.15, -0.1) is 0 Å². The van der Waals surface area contributed by atoms with Crippen molar-refractivity contribution in [1.82, 2.24) is 4.98 Å². The zero-order chi connectivity index (χ0) is 12.4. The first kappa shape index (κ1) is 12.1. The Bertz CT molecular complexity index is 545. The SMILES string of the molecule is COc1ccc2ncc(Cl)c(C(O)CO)c2c1. The van der Waals surface area contributed by atoms with E-state index in [2.05, 4.69) is 4.98 Å². The van der Waals surface area contributed by atoms with Crippen molar-refractivity contribution in [2.24, 2.45) is 0 Å². The molecule has 5 heteroatoms. The number of methoxy groups -OCH3 is 1. The third-order valence-corrected chi connectivity index (χ3v) is 2.88. The van der Waals surface area contributed by atoms with Crippen molar-refractivity contribution >= 4 is 22.5 Å². The van der Waals surface area contributed by atoms with E-state index >= 15 is 0 Å². The van der Waals surface area contributed by atoms with Crippen molar-refractivity contribution in [1.29, 1.82) is 0 Å². The Labute approximate surface area is 103 Å². The topological polar surface area (TPSA) is 62.6 Å². The summed E-state index contributed by atoms with van der Waals surface area (Å²) < 4.78 is 5.12. The zero-order valence-electron chi connectivity index (χ0n) is 9.22. The summed E-state index contributed by atoms with van der Waals surface area (Å²) in [5, 5.41) is 19.8. The molecule has 4 nitrogen and oxygen atoms in total. The number of rotatable bonds is 3. The molecule has 0 amide bonds. The molecule has 0 fully saturated rings. The van der Waals surface area contributed by atoms with Gasteiger partial charge in [0.15, 0.2) is 0 Å². The monoisotopic (exact) mass is 253 g/mol. The van der Waals surface area contributed by atoms with Crippen LogP contribution < -0.4 is 4.74 Å².